The first-order valence-electron chi connectivity index (χ1n) is 4.92. The highest BCUT2D eigenvalue weighted by Gasteiger charge is 2.21. The van der Waals surface area contributed by atoms with Crippen LogP contribution in [0, 0.1) is 5.82 Å². The number of nitrogens with two attached hydrogens (primary N) is 1. The Morgan fingerprint density at radius 2 is 1.94 bits per heavy atom. The normalized spacial score (nSPS) is 11.9. The number of rotatable bonds is 4. The lowest BCUT2D eigenvalue weighted by Gasteiger charge is -2.20. The number of carbonyl (C=O) groups is 2. The van der Waals surface area contributed by atoms with Gasteiger partial charge in [-0.15, -0.1) is 0 Å². The molecule has 6 heteroatoms. The smallest absolute Gasteiger partial charge is 0.305 e. The van der Waals surface area contributed by atoms with Crippen LogP contribution in [0.5, 0.6) is 0 Å². The molecule has 0 saturated carbocycles. The fourth-order valence-corrected chi connectivity index (χ4v) is 1.32. The first-order valence-corrected chi connectivity index (χ1v) is 4.92. The van der Waals surface area contributed by atoms with Crippen LogP contribution in [-0.2, 0) is 9.59 Å². The predicted octanol–water partition coefficient (Wildman–Crippen LogP) is 0.590. The minimum atomic E-state index is -1.14. The summed E-state index contributed by atoms with van der Waals surface area (Å²) in [6.07, 6.45) is -0.440. The molecule has 0 saturated heterocycles. The number of nitrogens with zero attached hydrogens (tertiary/aromatic N) is 1. The van der Waals surface area contributed by atoms with Gasteiger partial charge in [-0.25, -0.2) is 4.39 Å². The third-order valence-electron chi connectivity index (χ3n) is 2.26. The van der Waals surface area contributed by atoms with E-state index in [1.54, 1.807) is 0 Å². The standard InChI is InChI=1S/C11H13FN2O3/c1-14(8-4-2-7(12)3-5-8)11(17)9(13)6-10(15)16/h2-5,9H,6,13H2,1H3,(H,15,16). The maximum Gasteiger partial charge on any atom is 0.305 e. The number of halogens is 1. The van der Waals surface area contributed by atoms with Crippen LogP contribution < -0.4 is 10.6 Å². The molecule has 17 heavy (non-hydrogen) atoms. The van der Waals surface area contributed by atoms with Crippen molar-refractivity contribution >= 4 is 17.6 Å². The molecule has 1 unspecified atom stereocenters. The highest BCUT2D eigenvalue weighted by atomic mass is 19.1. The summed E-state index contributed by atoms with van der Waals surface area (Å²) in [5, 5.41) is 8.52. The van der Waals surface area contributed by atoms with Gasteiger partial charge >= 0.3 is 5.97 Å². The van der Waals surface area contributed by atoms with Gasteiger partial charge in [-0.3, -0.25) is 9.59 Å². The van der Waals surface area contributed by atoms with Crippen LogP contribution in [0.15, 0.2) is 24.3 Å². The fourth-order valence-electron chi connectivity index (χ4n) is 1.32. The third-order valence-corrected chi connectivity index (χ3v) is 2.26. The summed E-state index contributed by atoms with van der Waals surface area (Å²) in [5.74, 6) is -2.08. The molecule has 1 atom stereocenters. The van der Waals surface area contributed by atoms with Gasteiger partial charge < -0.3 is 15.7 Å². The Bertz CT molecular complexity index is 419. The molecule has 5 nitrogen and oxygen atoms in total. The lowest BCUT2D eigenvalue weighted by atomic mass is 10.2. The molecule has 0 fully saturated rings. The highest BCUT2D eigenvalue weighted by Crippen LogP contribution is 2.14. The topological polar surface area (TPSA) is 83.6 Å². The summed E-state index contributed by atoms with van der Waals surface area (Å²) in [6.45, 7) is 0. The van der Waals surface area contributed by atoms with Crippen LogP contribution in [0.25, 0.3) is 0 Å². The van der Waals surface area contributed by atoms with Gasteiger partial charge in [0, 0.05) is 12.7 Å². The molecule has 1 amide bonds. The number of amides is 1. The Labute approximate surface area is 97.6 Å². The van der Waals surface area contributed by atoms with Crippen molar-refractivity contribution in [3.8, 4) is 0 Å². The lowest BCUT2D eigenvalue weighted by Crippen LogP contribution is -2.43. The Morgan fingerprint density at radius 1 is 1.41 bits per heavy atom. The minimum Gasteiger partial charge on any atom is -0.481 e. The highest BCUT2D eigenvalue weighted by molar-refractivity contribution is 5.98. The summed E-state index contributed by atoms with van der Waals surface area (Å²) >= 11 is 0. The monoisotopic (exact) mass is 240 g/mol. The minimum absolute atomic E-state index is 0.413. The largest absolute Gasteiger partial charge is 0.481 e. The summed E-state index contributed by atoms with van der Waals surface area (Å²) in [6, 6.07) is 4.15. The molecular weight excluding hydrogens is 227 g/mol. The first kappa shape index (κ1) is 13.1. The molecule has 0 bridgehead atoms. The number of likely N-dealkylation sites (N-methyl/N-ethyl adjacent to an activating group) is 1. The maximum absolute atomic E-state index is 12.7. The average molecular weight is 240 g/mol. The van der Waals surface area contributed by atoms with Gasteiger partial charge in [0.1, 0.15) is 5.82 Å². The zero-order valence-electron chi connectivity index (χ0n) is 9.26. The second-order valence-electron chi connectivity index (χ2n) is 3.58. The van der Waals surface area contributed by atoms with Crippen LogP contribution in [-0.4, -0.2) is 30.1 Å². The lowest BCUT2D eigenvalue weighted by molar-refractivity contribution is -0.139. The molecule has 0 aliphatic rings. The van der Waals surface area contributed by atoms with Crippen LogP contribution in [0.3, 0.4) is 0 Å². The van der Waals surface area contributed by atoms with Gasteiger partial charge in [0.05, 0.1) is 12.5 Å². The quantitative estimate of drug-likeness (QED) is 0.806. The van der Waals surface area contributed by atoms with E-state index < -0.39 is 30.2 Å². The van der Waals surface area contributed by atoms with E-state index in [1.165, 1.54) is 36.2 Å². The zero-order chi connectivity index (χ0) is 13.0. The van der Waals surface area contributed by atoms with Crippen molar-refractivity contribution in [2.24, 2.45) is 5.73 Å². The summed E-state index contributed by atoms with van der Waals surface area (Å²) in [7, 11) is 1.46. The van der Waals surface area contributed by atoms with Crippen molar-refractivity contribution in [3.63, 3.8) is 0 Å². The SMILES string of the molecule is CN(C(=O)C(N)CC(=O)O)c1ccc(F)cc1. The first-order chi connectivity index (χ1) is 7.91. The number of hydrogen-bond acceptors (Lipinski definition) is 3. The fraction of sp³-hybridized carbons (Fsp3) is 0.273. The van der Waals surface area contributed by atoms with E-state index in [9.17, 15) is 14.0 Å². The second-order valence-corrected chi connectivity index (χ2v) is 3.58. The van der Waals surface area contributed by atoms with Crippen LogP contribution in [0.2, 0.25) is 0 Å². The van der Waals surface area contributed by atoms with Crippen LogP contribution >= 0.6 is 0 Å². The molecule has 1 aromatic carbocycles. The predicted molar refractivity (Wildman–Crippen MR) is 60.0 cm³/mol. The second kappa shape index (κ2) is 5.40. The Kier molecular flexibility index (Phi) is 4.17. The van der Waals surface area contributed by atoms with Gasteiger partial charge in [0.2, 0.25) is 5.91 Å². The van der Waals surface area contributed by atoms with Gasteiger partial charge in [-0.05, 0) is 24.3 Å². The van der Waals surface area contributed by atoms with Crippen molar-refractivity contribution < 1.29 is 19.1 Å². The van der Waals surface area contributed by atoms with E-state index in [0.29, 0.717) is 5.69 Å². The molecule has 0 heterocycles. The van der Waals surface area contributed by atoms with E-state index in [-0.39, 0.29) is 0 Å². The molecule has 0 aromatic heterocycles. The summed E-state index contributed by atoms with van der Waals surface area (Å²) < 4.78 is 12.7. The van der Waals surface area contributed by atoms with Crippen molar-refractivity contribution in [3.05, 3.63) is 30.1 Å². The molecule has 0 radical (unpaired) electrons. The van der Waals surface area contributed by atoms with Gasteiger partial charge in [0.25, 0.3) is 0 Å². The number of carboxylic acids is 1. The summed E-state index contributed by atoms with van der Waals surface area (Å²) in [4.78, 5) is 23.3. The number of aliphatic carboxylic acids is 1. The molecule has 92 valence electrons. The Balaban J connectivity index is 2.75. The maximum atomic E-state index is 12.7. The summed E-state index contributed by atoms with van der Waals surface area (Å²) in [5.41, 5.74) is 5.90. The molecular formula is C11H13FN2O3. The Morgan fingerprint density at radius 3 is 2.41 bits per heavy atom. The number of carbonyl (C=O) groups excluding carboxylic acids is 1. The van der Waals surface area contributed by atoms with Crippen LogP contribution in [0.4, 0.5) is 10.1 Å². The van der Waals surface area contributed by atoms with Crippen molar-refractivity contribution in [1.82, 2.24) is 0 Å². The van der Waals surface area contributed by atoms with E-state index in [0.717, 1.165) is 0 Å². The molecule has 0 aliphatic carbocycles. The Hall–Kier alpha value is -1.95. The molecule has 1 aromatic rings. The van der Waals surface area contributed by atoms with Crippen molar-refractivity contribution in [2.45, 2.75) is 12.5 Å². The van der Waals surface area contributed by atoms with Crippen molar-refractivity contribution in [2.75, 3.05) is 11.9 Å². The van der Waals surface area contributed by atoms with Gasteiger partial charge in [-0.2, -0.15) is 0 Å². The molecule has 0 aliphatic heterocycles. The van der Waals surface area contributed by atoms with E-state index >= 15 is 0 Å². The van der Waals surface area contributed by atoms with E-state index in [4.69, 9.17) is 10.8 Å². The average Bonchev–Trinajstić information content (AvgIpc) is 2.27. The molecule has 1 rings (SSSR count). The number of benzene rings is 1. The van der Waals surface area contributed by atoms with Gasteiger partial charge in [0.15, 0.2) is 0 Å². The molecule has 3 N–H and O–H groups in total. The number of anilines is 1. The van der Waals surface area contributed by atoms with E-state index in [2.05, 4.69) is 0 Å². The molecule has 0 spiro atoms. The van der Waals surface area contributed by atoms with Crippen molar-refractivity contribution in [1.29, 1.82) is 0 Å². The number of hydrogen-bond donors (Lipinski definition) is 2. The third kappa shape index (κ3) is 3.53. The van der Waals surface area contributed by atoms with Gasteiger partial charge in [-0.1, -0.05) is 0 Å². The van der Waals surface area contributed by atoms with E-state index in [1.807, 2.05) is 0 Å². The zero-order valence-corrected chi connectivity index (χ0v) is 9.26. The van der Waals surface area contributed by atoms with Crippen LogP contribution in [0.1, 0.15) is 6.42 Å². The number of carboxylic acid groups (broad SMARTS) is 1.